The van der Waals surface area contributed by atoms with Gasteiger partial charge in [-0.25, -0.2) is 0 Å². The minimum atomic E-state index is -1.04. The van der Waals surface area contributed by atoms with E-state index in [-0.39, 0.29) is 5.91 Å². The molecule has 1 unspecified atom stereocenters. The van der Waals surface area contributed by atoms with Crippen molar-refractivity contribution in [3.8, 4) is 12.3 Å². The number of carbonyl (C=O) groups is 1. The number of benzene rings is 1. The second-order valence-corrected chi connectivity index (χ2v) is 4.67. The van der Waals surface area contributed by atoms with Crippen molar-refractivity contribution in [1.82, 2.24) is 0 Å². The quantitative estimate of drug-likeness (QED) is 0.833. The van der Waals surface area contributed by atoms with Gasteiger partial charge in [-0.15, -0.1) is 6.42 Å². The molecule has 0 aliphatic carbocycles. The molecule has 0 radical (unpaired) electrons. The number of anilines is 2. The van der Waals surface area contributed by atoms with E-state index in [4.69, 9.17) is 6.42 Å². The van der Waals surface area contributed by atoms with Crippen LogP contribution in [0.4, 0.5) is 11.4 Å². The van der Waals surface area contributed by atoms with E-state index in [0.717, 1.165) is 24.3 Å². The van der Waals surface area contributed by atoms with Crippen LogP contribution in [0.5, 0.6) is 0 Å². The first-order valence-corrected chi connectivity index (χ1v) is 6.38. The van der Waals surface area contributed by atoms with Gasteiger partial charge in [0.25, 0.3) is 5.91 Å². The lowest BCUT2D eigenvalue weighted by atomic mass is 10.1. The first-order valence-electron chi connectivity index (χ1n) is 6.38. The van der Waals surface area contributed by atoms with Gasteiger partial charge in [0.15, 0.2) is 6.10 Å². The zero-order valence-electron chi connectivity index (χ0n) is 11.3. The van der Waals surface area contributed by atoms with E-state index in [1.807, 2.05) is 12.1 Å². The lowest BCUT2D eigenvalue weighted by Gasteiger charge is -2.23. The molecular formula is C15H18N2O2. The van der Waals surface area contributed by atoms with Crippen molar-refractivity contribution >= 4 is 17.3 Å². The Balaban J connectivity index is 2.36. The molecule has 4 nitrogen and oxygen atoms in total. The van der Waals surface area contributed by atoms with Crippen molar-refractivity contribution in [2.75, 3.05) is 29.9 Å². The van der Waals surface area contributed by atoms with Gasteiger partial charge >= 0.3 is 0 Å². The Morgan fingerprint density at radius 2 is 2.26 bits per heavy atom. The predicted octanol–water partition coefficient (Wildman–Crippen LogP) is 1.55. The van der Waals surface area contributed by atoms with E-state index in [1.165, 1.54) is 4.90 Å². The highest BCUT2D eigenvalue weighted by Crippen LogP contribution is 2.37. The largest absolute Gasteiger partial charge is 0.378 e. The monoisotopic (exact) mass is 258 g/mol. The summed E-state index contributed by atoms with van der Waals surface area (Å²) in [5.41, 5.74) is 2.40. The van der Waals surface area contributed by atoms with E-state index in [1.54, 1.807) is 13.1 Å². The molecule has 1 amide bonds. The molecule has 1 aromatic carbocycles. The predicted molar refractivity (Wildman–Crippen MR) is 76.1 cm³/mol. The number of amides is 1. The second kappa shape index (κ2) is 5.33. The molecule has 1 heterocycles. The number of aliphatic hydroxyl groups is 1. The Hall–Kier alpha value is -1.99. The normalized spacial score (nSPS) is 17.3. The smallest absolute Gasteiger partial charge is 0.260 e. The highest BCUT2D eigenvalue weighted by Gasteiger charge is 2.33. The van der Waals surface area contributed by atoms with Gasteiger partial charge in [-0.2, -0.15) is 0 Å². The average Bonchev–Trinajstić information content (AvgIpc) is 2.63. The number of hydrogen-bond donors (Lipinski definition) is 1. The number of fused-ring (bicyclic) bond motifs is 1. The van der Waals surface area contributed by atoms with Crippen LogP contribution in [0.3, 0.4) is 0 Å². The van der Waals surface area contributed by atoms with Crippen molar-refractivity contribution in [1.29, 1.82) is 0 Å². The highest BCUT2D eigenvalue weighted by atomic mass is 16.3. The summed E-state index contributed by atoms with van der Waals surface area (Å²) < 4.78 is 0. The van der Waals surface area contributed by atoms with Crippen LogP contribution in [-0.4, -0.2) is 31.2 Å². The van der Waals surface area contributed by atoms with Crippen LogP contribution in [0.2, 0.25) is 0 Å². The Morgan fingerprint density at radius 3 is 2.89 bits per heavy atom. The van der Waals surface area contributed by atoms with Crippen molar-refractivity contribution in [2.24, 2.45) is 0 Å². The molecule has 0 saturated carbocycles. The van der Waals surface area contributed by atoms with Gasteiger partial charge in [0.05, 0.1) is 12.2 Å². The lowest BCUT2D eigenvalue weighted by molar-refractivity contribution is -0.125. The standard InChI is InChI=1S/C15H18N2O2/c1-4-8-17(9-5-2)11-6-7-12-13(10-11)16(3)15(19)14(12)18/h1,6-7,10,14,18H,5,8-9H2,2-3H3. The van der Waals surface area contributed by atoms with Crippen LogP contribution in [0.15, 0.2) is 18.2 Å². The second-order valence-electron chi connectivity index (χ2n) is 4.67. The Bertz CT molecular complexity index is 533. The van der Waals surface area contributed by atoms with Crippen molar-refractivity contribution in [2.45, 2.75) is 19.4 Å². The lowest BCUT2D eigenvalue weighted by Crippen LogP contribution is -2.25. The summed E-state index contributed by atoms with van der Waals surface area (Å²) in [5, 5.41) is 9.82. The third kappa shape index (κ3) is 2.29. The summed E-state index contributed by atoms with van der Waals surface area (Å²) in [4.78, 5) is 15.3. The number of likely N-dealkylation sites (N-methyl/N-ethyl adjacent to an activating group) is 1. The number of nitrogens with zero attached hydrogens (tertiary/aromatic N) is 2. The topological polar surface area (TPSA) is 43.8 Å². The molecular weight excluding hydrogens is 240 g/mol. The summed E-state index contributed by atoms with van der Waals surface area (Å²) in [5.74, 6) is 2.36. The van der Waals surface area contributed by atoms with Gasteiger partial charge in [-0.3, -0.25) is 4.79 Å². The maximum atomic E-state index is 11.7. The zero-order chi connectivity index (χ0) is 14.0. The van der Waals surface area contributed by atoms with Crippen LogP contribution in [0.25, 0.3) is 0 Å². The third-order valence-electron chi connectivity index (χ3n) is 3.38. The fraction of sp³-hybridized carbons (Fsp3) is 0.400. The van der Waals surface area contributed by atoms with E-state index < -0.39 is 6.10 Å². The molecule has 1 atom stereocenters. The number of aliphatic hydroxyl groups excluding tert-OH is 1. The van der Waals surface area contributed by atoms with E-state index >= 15 is 0 Å². The zero-order valence-corrected chi connectivity index (χ0v) is 11.3. The van der Waals surface area contributed by atoms with Gasteiger partial charge in [-0.05, 0) is 18.6 Å². The average molecular weight is 258 g/mol. The Labute approximate surface area is 113 Å². The number of rotatable bonds is 4. The Morgan fingerprint density at radius 1 is 1.53 bits per heavy atom. The van der Waals surface area contributed by atoms with E-state index in [0.29, 0.717) is 12.1 Å². The molecule has 0 saturated heterocycles. The molecule has 1 N–H and O–H groups in total. The maximum absolute atomic E-state index is 11.7. The summed E-state index contributed by atoms with van der Waals surface area (Å²) in [7, 11) is 1.67. The van der Waals surface area contributed by atoms with Crippen molar-refractivity contribution < 1.29 is 9.90 Å². The minimum absolute atomic E-state index is 0.286. The highest BCUT2D eigenvalue weighted by molar-refractivity contribution is 6.03. The minimum Gasteiger partial charge on any atom is -0.378 e. The SMILES string of the molecule is C#CCN(CCC)c1ccc2c(c1)N(C)C(=O)C2O. The van der Waals surface area contributed by atoms with Crippen molar-refractivity contribution in [3.63, 3.8) is 0 Å². The molecule has 0 bridgehead atoms. The third-order valence-corrected chi connectivity index (χ3v) is 3.38. The fourth-order valence-corrected chi connectivity index (χ4v) is 2.37. The molecule has 0 spiro atoms. The molecule has 0 fully saturated rings. The first-order chi connectivity index (χ1) is 9.10. The van der Waals surface area contributed by atoms with Crippen molar-refractivity contribution in [3.05, 3.63) is 23.8 Å². The molecule has 1 aliphatic rings. The van der Waals surface area contributed by atoms with Gasteiger partial charge in [0.2, 0.25) is 0 Å². The van der Waals surface area contributed by atoms with Gasteiger partial charge < -0.3 is 14.9 Å². The molecule has 1 aromatic rings. The van der Waals surface area contributed by atoms with Gasteiger partial charge in [0.1, 0.15) is 0 Å². The number of terminal acetylenes is 1. The summed E-state index contributed by atoms with van der Waals surface area (Å²) in [6.07, 6.45) is 5.34. The molecule has 0 aromatic heterocycles. The van der Waals surface area contributed by atoms with Crippen LogP contribution < -0.4 is 9.80 Å². The molecule has 2 rings (SSSR count). The fourth-order valence-electron chi connectivity index (χ4n) is 2.37. The summed E-state index contributed by atoms with van der Waals surface area (Å²) >= 11 is 0. The van der Waals surface area contributed by atoms with E-state index in [9.17, 15) is 9.90 Å². The molecule has 100 valence electrons. The molecule has 1 aliphatic heterocycles. The van der Waals surface area contributed by atoms with Crippen LogP contribution in [0.1, 0.15) is 25.0 Å². The van der Waals surface area contributed by atoms with Crippen LogP contribution >= 0.6 is 0 Å². The number of hydrogen-bond acceptors (Lipinski definition) is 3. The molecule has 19 heavy (non-hydrogen) atoms. The maximum Gasteiger partial charge on any atom is 0.260 e. The van der Waals surface area contributed by atoms with E-state index in [2.05, 4.69) is 17.7 Å². The van der Waals surface area contributed by atoms with Gasteiger partial charge in [-0.1, -0.05) is 18.9 Å². The molecule has 4 heteroatoms. The summed E-state index contributed by atoms with van der Waals surface area (Å²) in [6, 6.07) is 5.62. The summed E-state index contributed by atoms with van der Waals surface area (Å²) in [6.45, 7) is 3.49. The van der Waals surface area contributed by atoms with Crippen LogP contribution in [-0.2, 0) is 4.79 Å². The van der Waals surface area contributed by atoms with Crippen LogP contribution in [0, 0.1) is 12.3 Å². The first kappa shape index (κ1) is 13.4. The Kier molecular flexibility index (Phi) is 3.77. The van der Waals surface area contributed by atoms with Gasteiger partial charge in [0, 0.05) is 24.8 Å². The number of carbonyl (C=O) groups excluding carboxylic acids is 1.